The van der Waals surface area contributed by atoms with Crippen LogP contribution in [0.3, 0.4) is 0 Å². The summed E-state index contributed by atoms with van der Waals surface area (Å²) in [6.07, 6.45) is 3.72. The molecule has 2 aromatic rings. The third kappa shape index (κ3) is 2.61. The van der Waals surface area contributed by atoms with E-state index in [0.29, 0.717) is 6.04 Å². The lowest BCUT2D eigenvalue weighted by molar-refractivity contribution is 0.425. The molecule has 0 aliphatic carbocycles. The van der Waals surface area contributed by atoms with Crippen LogP contribution in [0, 0.1) is 0 Å². The summed E-state index contributed by atoms with van der Waals surface area (Å²) in [5.41, 5.74) is 2.08. The van der Waals surface area contributed by atoms with Crippen LogP contribution in [0.25, 0.3) is 11.0 Å². The third-order valence-electron chi connectivity index (χ3n) is 2.90. The molecular weight excluding hydrogens is 226 g/mol. The summed E-state index contributed by atoms with van der Waals surface area (Å²) < 4.78 is 2.16. The van der Waals surface area contributed by atoms with Gasteiger partial charge in [-0.15, -0.1) is 0 Å². The molecule has 5 nitrogen and oxygen atoms in total. The van der Waals surface area contributed by atoms with E-state index < -0.39 is 0 Å². The van der Waals surface area contributed by atoms with Crippen molar-refractivity contribution in [3.8, 4) is 0 Å². The molecule has 2 heterocycles. The lowest BCUT2D eigenvalue weighted by Gasteiger charge is -2.11. The van der Waals surface area contributed by atoms with Crippen molar-refractivity contribution < 1.29 is 0 Å². The van der Waals surface area contributed by atoms with E-state index in [2.05, 4.69) is 52.7 Å². The van der Waals surface area contributed by atoms with E-state index in [1.807, 2.05) is 18.6 Å². The fourth-order valence-electron chi connectivity index (χ4n) is 1.90. The normalized spacial score (nSPS) is 11.7. The molecular formula is C13H21N5. The number of hydrogen-bond donors (Lipinski definition) is 1. The van der Waals surface area contributed by atoms with Gasteiger partial charge in [-0.2, -0.15) is 0 Å². The minimum absolute atomic E-state index is 0.409. The lowest BCUT2D eigenvalue weighted by Crippen LogP contribution is -2.21. The smallest absolute Gasteiger partial charge is 0.154 e. The fourth-order valence-corrected chi connectivity index (χ4v) is 1.90. The van der Waals surface area contributed by atoms with Gasteiger partial charge in [-0.05, 0) is 34.0 Å². The average molecular weight is 247 g/mol. The van der Waals surface area contributed by atoms with Crippen LogP contribution in [-0.4, -0.2) is 46.6 Å². The third-order valence-corrected chi connectivity index (χ3v) is 2.90. The van der Waals surface area contributed by atoms with Gasteiger partial charge in [0.2, 0.25) is 0 Å². The molecule has 2 aromatic heterocycles. The highest BCUT2D eigenvalue weighted by molar-refractivity contribution is 5.85. The van der Waals surface area contributed by atoms with Gasteiger partial charge in [-0.3, -0.25) is 0 Å². The van der Waals surface area contributed by atoms with Crippen LogP contribution in [0.2, 0.25) is 0 Å². The van der Waals surface area contributed by atoms with E-state index in [1.54, 1.807) is 0 Å². The number of imidazole rings is 1. The molecule has 0 fully saturated rings. The molecule has 0 aromatic carbocycles. The molecule has 0 atom stereocenters. The highest BCUT2D eigenvalue weighted by Gasteiger charge is 2.09. The molecule has 1 N–H and O–H groups in total. The minimum atomic E-state index is 0.409. The fraction of sp³-hybridized carbons (Fsp3) is 0.538. The van der Waals surface area contributed by atoms with Gasteiger partial charge < -0.3 is 14.8 Å². The summed E-state index contributed by atoms with van der Waals surface area (Å²) in [7, 11) is 4.12. The Morgan fingerprint density at radius 2 is 2.11 bits per heavy atom. The number of rotatable bonds is 5. The molecule has 0 aliphatic heterocycles. The van der Waals surface area contributed by atoms with E-state index in [-0.39, 0.29) is 0 Å². The van der Waals surface area contributed by atoms with Crippen LogP contribution in [0.4, 0.5) is 5.82 Å². The topological polar surface area (TPSA) is 46.0 Å². The maximum atomic E-state index is 4.46. The van der Waals surface area contributed by atoms with Crippen molar-refractivity contribution in [3.05, 3.63) is 18.6 Å². The van der Waals surface area contributed by atoms with Crippen LogP contribution < -0.4 is 5.32 Å². The molecule has 0 amide bonds. The zero-order valence-electron chi connectivity index (χ0n) is 11.5. The van der Waals surface area contributed by atoms with Gasteiger partial charge in [0.05, 0.1) is 11.8 Å². The molecule has 0 saturated heterocycles. The zero-order chi connectivity index (χ0) is 13.1. The summed E-state index contributed by atoms with van der Waals surface area (Å²) >= 11 is 0. The second-order valence-electron chi connectivity index (χ2n) is 5.00. The Morgan fingerprint density at radius 3 is 2.78 bits per heavy atom. The highest BCUT2D eigenvalue weighted by atomic mass is 15.1. The number of aromatic nitrogens is 3. The molecule has 0 spiro atoms. The Hall–Kier alpha value is -1.62. The van der Waals surface area contributed by atoms with Gasteiger partial charge in [0.25, 0.3) is 0 Å². The van der Waals surface area contributed by atoms with Gasteiger partial charge in [-0.1, -0.05) is 0 Å². The summed E-state index contributed by atoms with van der Waals surface area (Å²) in [5, 5.41) is 3.34. The quantitative estimate of drug-likeness (QED) is 0.877. The zero-order valence-corrected chi connectivity index (χ0v) is 11.5. The maximum Gasteiger partial charge on any atom is 0.154 e. The van der Waals surface area contributed by atoms with Crippen molar-refractivity contribution in [2.45, 2.75) is 19.9 Å². The molecule has 0 unspecified atom stereocenters. The predicted molar refractivity (Wildman–Crippen MR) is 75.0 cm³/mol. The van der Waals surface area contributed by atoms with Gasteiger partial charge in [0.15, 0.2) is 5.82 Å². The average Bonchev–Trinajstić information content (AvgIpc) is 2.73. The highest BCUT2D eigenvalue weighted by Crippen LogP contribution is 2.21. The van der Waals surface area contributed by atoms with E-state index in [0.717, 1.165) is 29.9 Å². The number of nitrogens with zero attached hydrogens (tertiary/aromatic N) is 4. The Kier molecular flexibility index (Phi) is 3.81. The van der Waals surface area contributed by atoms with Crippen molar-refractivity contribution in [2.75, 3.05) is 32.5 Å². The molecule has 0 bridgehead atoms. The van der Waals surface area contributed by atoms with Crippen LogP contribution in [-0.2, 0) is 0 Å². The molecule has 98 valence electrons. The summed E-state index contributed by atoms with van der Waals surface area (Å²) in [4.78, 5) is 11.0. The minimum Gasteiger partial charge on any atom is -0.367 e. The molecule has 0 radical (unpaired) electrons. The second kappa shape index (κ2) is 5.35. The molecule has 2 rings (SSSR count). The molecule has 0 aliphatic rings. The van der Waals surface area contributed by atoms with Crippen LogP contribution in [0.5, 0.6) is 0 Å². The summed E-state index contributed by atoms with van der Waals surface area (Å²) in [6.45, 7) is 6.15. The van der Waals surface area contributed by atoms with Gasteiger partial charge in [0, 0.05) is 25.3 Å². The van der Waals surface area contributed by atoms with Crippen molar-refractivity contribution in [1.29, 1.82) is 0 Å². The SMILES string of the molecule is CC(C)n1cnc2c(NCCN(C)C)nccc21. The van der Waals surface area contributed by atoms with Crippen molar-refractivity contribution >= 4 is 16.9 Å². The number of nitrogens with one attached hydrogen (secondary N) is 1. The van der Waals surface area contributed by atoms with Crippen molar-refractivity contribution in [3.63, 3.8) is 0 Å². The van der Waals surface area contributed by atoms with E-state index in [4.69, 9.17) is 0 Å². The first kappa shape index (κ1) is 12.8. The Balaban J connectivity index is 2.23. The first-order valence-corrected chi connectivity index (χ1v) is 6.29. The van der Waals surface area contributed by atoms with Gasteiger partial charge in [0.1, 0.15) is 5.52 Å². The second-order valence-corrected chi connectivity index (χ2v) is 5.00. The van der Waals surface area contributed by atoms with Crippen molar-refractivity contribution in [2.24, 2.45) is 0 Å². The van der Waals surface area contributed by atoms with Crippen LogP contribution in [0.15, 0.2) is 18.6 Å². The van der Waals surface area contributed by atoms with E-state index in [9.17, 15) is 0 Å². The van der Waals surface area contributed by atoms with Crippen molar-refractivity contribution in [1.82, 2.24) is 19.4 Å². The molecule has 0 saturated carbocycles. The van der Waals surface area contributed by atoms with E-state index >= 15 is 0 Å². The largest absolute Gasteiger partial charge is 0.367 e. The van der Waals surface area contributed by atoms with Gasteiger partial charge >= 0.3 is 0 Å². The maximum absolute atomic E-state index is 4.46. The monoisotopic (exact) mass is 247 g/mol. The molecule has 5 heteroatoms. The Labute approximate surface area is 108 Å². The van der Waals surface area contributed by atoms with Crippen LogP contribution in [0.1, 0.15) is 19.9 Å². The number of pyridine rings is 1. The van der Waals surface area contributed by atoms with E-state index in [1.165, 1.54) is 0 Å². The number of anilines is 1. The Bertz CT molecular complexity index is 515. The lowest BCUT2D eigenvalue weighted by atomic mass is 10.3. The summed E-state index contributed by atoms with van der Waals surface area (Å²) in [6, 6.07) is 2.42. The summed E-state index contributed by atoms with van der Waals surface area (Å²) in [5.74, 6) is 0.869. The number of hydrogen-bond acceptors (Lipinski definition) is 4. The number of fused-ring (bicyclic) bond motifs is 1. The first-order valence-electron chi connectivity index (χ1n) is 6.29. The predicted octanol–water partition coefficient (Wildman–Crippen LogP) is 1.99. The van der Waals surface area contributed by atoms with Gasteiger partial charge in [-0.25, -0.2) is 9.97 Å². The standard InChI is InChI=1S/C13H21N5/c1-10(2)18-9-16-12-11(18)5-6-14-13(12)15-7-8-17(3)4/h5-6,9-10H,7-8H2,1-4H3,(H,14,15). The van der Waals surface area contributed by atoms with Crippen LogP contribution >= 0.6 is 0 Å². The Morgan fingerprint density at radius 1 is 1.33 bits per heavy atom. The number of likely N-dealkylation sites (N-methyl/N-ethyl adjacent to an activating group) is 1. The first-order chi connectivity index (χ1) is 8.59. The molecule has 18 heavy (non-hydrogen) atoms.